The molecule has 0 N–H and O–H groups in total. The van der Waals surface area contributed by atoms with Crippen LogP contribution in [0.3, 0.4) is 0 Å². The minimum Gasteiger partial charge on any atom is -0.268 e. The first-order valence-corrected chi connectivity index (χ1v) is 7.44. The third-order valence-corrected chi connectivity index (χ3v) is 4.97. The minimum absolute atomic E-state index is 0.0949. The summed E-state index contributed by atoms with van der Waals surface area (Å²) in [6.07, 6.45) is 0. The number of carbonyl (C=O) groups is 1. The van der Waals surface area contributed by atoms with Gasteiger partial charge in [0.1, 0.15) is 4.90 Å². The van der Waals surface area contributed by atoms with Crippen molar-refractivity contribution in [3.05, 3.63) is 28.2 Å². The van der Waals surface area contributed by atoms with Crippen molar-refractivity contribution in [2.75, 3.05) is 6.54 Å². The highest BCUT2D eigenvalue weighted by Gasteiger charge is 2.42. The third-order valence-electron chi connectivity index (χ3n) is 2.51. The Labute approximate surface area is 109 Å². The lowest BCUT2D eigenvalue weighted by atomic mass is 10.2. The summed E-state index contributed by atoms with van der Waals surface area (Å²) in [5.41, 5.74) is 0.244. The van der Waals surface area contributed by atoms with Gasteiger partial charge in [-0.25, -0.2) is 12.7 Å². The number of nitrogens with zero attached hydrogens (tertiary/aromatic N) is 1. The molecule has 6 heteroatoms. The fourth-order valence-corrected chi connectivity index (χ4v) is 4.21. The van der Waals surface area contributed by atoms with Crippen LogP contribution in [0.4, 0.5) is 0 Å². The van der Waals surface area contributed by atoms with Gasteiger partial charge in [-0.15, -0.1) is 0 Å². The van der Waals surface area contributed by atoms with Gasteiger partial charge in [0.05, 0.1) is 5.56 Å². The molecule has 0 saturated heterocycles. The van der Waals surface area contributed by atoms with E-state index in [0.29, 0.717) is 4.47 Å². The Hall–Kier alpha value is -0.880. The highest BCUT2D eigenvalue weighted by atomic mass is 79.9. The van der Waals surface area contributed by atoms with Crippen LogP contribution in [0.15, 0.2) is 27.6 Å². The van der Waals surface area contributed by atoms with E-state index >= 15 is 0 Å². The fourth-order valence-electron chi connectivity index (χ4n) is 1.79. The maximum atomic E-state index is 12.2. The van der Waals surface area contributed by atoms with Crippen LogP contribution < -0.4 is 0 Å². The average molecular weight is 318 g/mol. The summed E-state index contributed by atoms with van der Waals surface area (Å²) in [5.74, 6) is -0.344. The first-order chi connectivity index (χ1) is 7.85. The Morgan fingerprint density at radius 2 is 2.00 bits per heavy atom. The summed E-state index contributed by atoms with van der Waals surface area (Å²) in [6.45, 7) is 3.96. The van der Waals surface area contributed by atoms with Gasteiger partial charge in [0.2, 0.25) is 0 Å². The van der Waals surface area contributed by atoms with E-state index in [1.807, 2.05) is 13.8 Å². The van der Waals surface area contributed by atoms with Crippen LogP contribution in [0.1, 0.15) is 24.2 Å². The maximum absolute atomic E-state index is 12.2. The topological polar surface area (TPSA) is 54.5 Å². The van der Waals surface area contributed by atoms with Crippen LogP contribution >= 0.6 is 15.9 Å². The maximum Gasteiger partial charge on any atom is 0.270 e. The zero-order chi connectivity index (χ0) is 12.8. The Bertz CT molecular complexity index is 580. The van der Waals surface area contributed by atoms with Gasteiger partial charge >= 0.3 is 0 Å². The van der Waals surface area contributed by atoms with Crippen molar-refractivity contribution >= 4 is 31.9 Å². The van der Waals surface area contributed by atoms with Gasteiger partial charge in [0.25, 0.3) is 15.9 Å². The Kier molecular flexibility index (Phi) is 3.03. The first-order valence-electron chi connectivity index (χ1n) is 5.21. The number of hydrogen-bond acceptors (Lipinski definition) is 3. The Morgan fingerprint density at radius 1 is 1.35 bits per heavy atom. The van der Waals surface area contributed by atoms with Gasteiger partial charge in [0, 0.05) is 11.0 Å². The summed E-state index contributed by atoms with van der Waals surface area (Å²) in [6, 6.07) is 4.76. The molecular weight excluding hydrogens is 306 g/mol. The minimum atomic E-state index is -3.66. The smallest absolute Gasteiger partial charge is 0.268 e. The molecular formula is C11H12BrNO3S. The van der Waals surface area contributed by atoms with Crippen LogP contribution in [0.5, 0.6) is 0 Å². The van der Waals surface area contributed by atoms with E-state index in [4.69, 9.17) is 0 Å². The zero-order valence-electron chi connectivity index (χ0n) is 9.47. The molecule has 4 nitrogen and oxygen atoms in total. The lowest BCUT2D eigenvalue weighted by molar-refractivity contribution is 0.0860. The van der Waals surface area contributed by atoms with Crippen molar-refractivity contribution in [3.63, 3.8) is 0 Å². The molecule has 0 atom stereocenters. The van der Waals surface area contributed by atoms with E-state index in [1.54, 1.807) is 12.1 Å². The average Bonchev–Trinajstić information content (AvgIpc) is 2.41. The third kappa shape index (κ3) is 1.89. The standard InChI is InChI=1S/C11H12BrNO3S/c1-7(2)6-13-11(14)10-8(12)4-3-5-9(10)17(13,15)16/h3-5,7H,6H2,1-2H3. The molecule has 0 radical (unpaired) electrons. The molecule has 92 valence electrons. The molecule has 1 amide bonds. The fraction of sp³-hybridized carbons (Fsp3) is 0.364. The number of carbonyl (C=O) groups excluding carboxylic acids is 1. The quantitative estimate of drug-likeness (QED) is 0.840. The number of sulfonamides is 1. The molecule has 1 aromatic rings. The first kappa shape index (κ1) is 12.6. The molecule has 0 fully saturated rings. The summed E-state index contributed by atoms with van der Waals surface area (Å²) in [4.78, 5) is 12.2. The lowest BCUT2D eigenvalue weighted by Crippen LogP contribution is -2.33. The van der Waals surface area contributed by atoms with E-state index in [0.717, 1.165) is 4.31 Å². The van der Waals surface area contributed by atoms with Crippen molar-refractivity contribution in [2.24, 2.45) is 5.92 Å². The van der Waals surface area contributed by atoms with Crippen LogP contribution in [-0.2, 0) is 10.0 Å². The molecule has 17 heavy (non-hydrogen) atoms. The highest BCUT2D eigenvalue weighted by molar-refractivity contribution is 9.10. The molecule has 0 aliphatic carbocycles. The molecule has 1 aromatic carbocycles. The SMILES string of the molecule is CC(C)CN1C(=O)c2c(Br)cccc2S1(=O)=O. The predicted octanol–water partition coefficient (Wildman–Crippen LogP) is 2.25. The van der Waals surface area contributed by atoms with Crippen molar-refractivity contribution in [1.29, 1.82) is 0 Å². The zero-order valence-corrected chi connectivity index (χ0v) is 11.9. The number of benzene rings is 1. The van der Waals surface area contributed by atoms with Crippen LogP contribution in [0.2, 0.25) is 0 Å². The number of halogens is 1. The van der Waals surface area contributed by atoms with Gasteiger partial charge in [0.15, 0.2) is 0 Å². The largest absolute Gasteiger partial charge is 0.270 e. The van der Waals surface area contributed by atoms with Gasteiger partial charge in [-0.3, -0.25) is 4.79 Å². The predicted molar refractivity (Wildman–Crippen MR) is 67.2 cm³/mol. The van der Waals surface area contributed by atoms with Crippen molar-refractivity contribution < 1.29 is 13.2 Å². The second kappa shape index (κ2) is 4.10. The lowest BCUT2D eigenvalue weighted by Gasteiger charge is -2.16. The van der Waals surface area contributed by atoms with Crippen molar-refractivity contribution in [3.8, 4) is 0 Å². The van der Waals surface area contributed by atoms with Crippen LogP contribution in [0.25, 0.3) is 0 Å². The molecule has 1 aliphatic rings. The van der Waals surface area contributed by atoms with Crippen LogP contribution in [0, 0.1) is 5.92 Å². The van der Waals surface area contributed by atoms with Crippen molar-refractivity contribution in [2.45, 2.75) is 18.7 Å². The molecule has 0 bridgehead atoms. The normalized spacial score (nSPS) is 17.6. The van der Waals surface area contributed by atoms with E-state index < -0.39 is 15.9 Å². The molecule has 0 saturated carbocycles. The molecule has 1 aliphatic heterocycles. The second-order valence-corrected chi connectivity index (χ2v) is 7.03. The monoisotopic (exact) mass is 317 g/mol. The van der Waals surface area contributed by atoms with Crippen LogP contribution in [-0.4, -0.2) is 25.2 Å². The molecule has 0 aromatic heterocycles. The summed E-state index contributed by atoms with van der Waals surface area (Å²) < 4.78 is 25.8. The molecule has 1 heterocycles. The van der Waals surface area contributed by atoms with Crippen molar-refractivity contribution in [1.82, 2.24) is 4.31 Å². The number of amides is 1. The number of hydrogen-bond donors (Lipinski definition) is 0. The van der Waals surface area contributed by atoms with E-state index in [-0.39, 0.29) is 22.9 Å². The summed E-state index contributed by atoms with van der Waals surface area (Å²) >= 11 is 3.22. The molecule has 2 rings (SSSR count). The second-order valence-electron chi connectivity index (χ2n) is 4.35. The van der Waals surface area contributed by atoms with Gasteiger partial charge in [-0.05, 0) is 34.0 Å². The van der Waals surface area contributed by atoms with E-state index in [9.17, 15) is 13.2 Å². The Balaban J connectivity index is 2.61. The summed E-state index contributed by atoms with van der Waals surface area (Å²) in [5, 5.41) is 0. The Morgan fingerprint density at radius 3 is 2.53 bits per heavy atom. The van der Waals surface area contributed by atoms with Gasteiger partial charge in [-0.2, -0.15) is 0 Å². The number of fused-ring (bicyclic) bond motifs is 1. The van der Waals surface area contributed by atoms with E-state index in [2.05, 4.69) is 15.9 Å². The number of rotatable bonds is 2. The molecule has 0 spiro atoms. The van der Waals surface area contributed by atoms with Gasteiger partial charge in [-0.1, -0.05) is 19.9 Å². The summed E-state index contributed by atoms with van der Waals surface area (Å²) in [7, 11) is -3.66. The van der Waals surface area contributed by atoms with E-state index in [1.165, 1.54) is 6.07 Å². The molecule has 0 unspecified atom stereocenters. The highest BCUT2D eigenvalue weighted by Crippen LogP contribution is 2.35. The van der Waals surface area contributed by atoms with Gasteiger partial charge < -0.3 is 0 Å².